The summed E-state index contributed by atoms with van der Waals surface area (Å²) in [5.74, 6) is -0.783. The number of nitrogens with zero attached hydrogens (tertiary/aromatic N) is 3. The number of amides is 1. The number of benzene rings is 2. The van der Waals surface area contributed by atoms with Gasteiger partial charge in [0, 0.05) is 43.9 Å². The van der Waals surface area contributed by atoms with Crippen LogP contribution in [0.25, 0.3) is 0 Å². The zero-order chi connectivity index (χ0) is 20.3. The Morgan fingerprint density at radius 2 is 1.75 bits per heavy atom. The molecule has 0 radical (unpaired) electrons. The smallest absolute Gasteiger partial charge is 0.243 e. The lowest BCUT2D eigenvalue weighted by Gasteiger charge is -2.36. The number of sulfonamides is 1. The minimum absolute atomic E-state index is 0.0463. The molecule has 1 saturated heterocycles. The minimum Gasteiger partial charge on any atom is -0.368 e. The van der Waals surface area contributed by atoms with E-state index >= 15 is 0 Å². The normalized spacial score (nSPS) is 15.1. The van der Waals surface area contributed by atoms with Crippen molar-refractivity contribution in [3.63, 3.8) is 0 Å². The van der Waals surface area contributed by atoms with Crippen LogP contribution in [0.1, 0.15) is 0 Å². The van der Waals surface area contributed by atoms with E-state index in [1.807, 2.05) is 24.3 Å². The Balaban J connectivity index is 1.58. The molecule has 28 heavy (non-hydrogen) atoms. The standard InChI is InChI=1S/C19H21ClFN3O3S/c1-22(28(26,27)18-7-5-16(21)6-8-18)14-19(25)24-11-9-23(10-12-24)17-4-2-3-15(20)13-17/h2-8,13H,9-12,14H2,1H3. The van der Waals surface area contributed by atoms with Gasteiger partial charge in [0.1, 0.15) is 5.82 Å². The van der Waals surface area contributed by atoms with Crippen LogP contribution in [-0.2, 0) is 14.8 Å². The van der Waals surface area contributed by atoms with Gasteiger partial charge in [-0.2, -0.15) is 4.31 Å². The number of piperazine rings is 1. The molecule has 0 N–H and O–H groups in total. The molecule has 0 aromatic heterocycles. The van der Waals surface area contributed by atoms with E-state index in [-0.39, 0.29) is 17.3 Å². The van der Waals surface area contributed by atoms with Crippen LogP contribution in [-0.4, -0.2) is 63.3 Å². The van der Waals surface area contributed by atoms with E-state index in [4.69, 9.17) is 11.6 Å². The van der Waals surface area contributed by atoms with Crippen molar-refractivity contribution in [1.82, 2.24) is 9.21 Å². The SMILES string of the molecule is CN(CC(=O)N1CCN(c2cccc(Cl)c2)CC1)S(=O)(=O)c1ccc(F)cc1. The lowest BCUT2D eigenvalue weighted by Crippen LogP contribution is -2.51. The van der Waals surface area contributed by atoms with E-state index in [1.165, 1.54) is 19.2 Å². The molecule has 1 aliphatic heterocycles. The minimum atomic E-state index is -3.85. The van der Waals surface area contributed by atoms with Gasteiger partial charge in [0.25, 0.3) is 0 Å². The predicted molar refractivity (Wildman–Crippen MR) is 106 cm³/mol. The second kappa shape index (κ2) is 8.46. The summed E-state index contributed by atoms with van der Waals surface area (Å²) in [6, 6.07) is 12.1. The van der Waals surface area contributed by atoms with Gasteiger partial charge < -0.3 is 9.80 Å². The van der Waals surface area contributed by atoms with Crippen LogP contribution in [0.4, 0.5) is 10.1 Å². The summed E-state index contributed by atoms with van der Waals surface area (Å²) in [7, 11) is -2.51. The van der Waals surface area contributed by atoms with E-state index in [0.717, 1.165) is 22.1 Å². The molecule has 0 bridgehead atoms. The fourth-order valence-corrected chi connectivity index (χ4v) is 4.35. The Morgan fingerprint density at radius 1 is 1.11 bits per heavy atom. The van der Waals surface area contributed by atoms with E-state index in [2.05, 4.69) is 4.90 Å². The Hall–Kier alpha value is -2.16. The van der Waals surface area contributed by atoms with Gasteiger partial charge in [0.05, 0.1) is 11.4 Å². The van der Waals surface area contributed by atoms with Gasteiger partial charge in [-0.25, -0.2) is 12.8 Å². The topological polar surface area (TPSA) is 60.9 Å². The molecule has 1 fully saturated rings. The van der Waals surface area contributed by atoms with Crippen molar-refractivity contribution >= 4 is 33.2 Å². The number of likely N-dealkylation sites (N-methyl/N-ethyl adjacent to an activating group) is 1. The van der Waals surface area contributed by atoms with Gasteiger partial charge in [-0.15, -0.1) is 0 Å². The van der Waals surface area contributed by atoms with Crippen LogP contribution in [0, 0.1) is 5.82 Å². The van der Waals surface area contributed by atoms with Crippen LogP contribution < -0.4 is 4.90 Å². The quantitative estimate of drug-likeness (QED) is 0.738. The number of hydrogen-bond donors (Lipinski definition) is 0. The molecule has 3 rings (SSSR count). The first kappa shape index (κ1) is 20.6. The highest BCUT2D eigenvalue weighted by Gasteiger charge is 2.27. The first-order valence-electron chi connectivity index (χ1n) is 8.77. The van der Waals surface area contributed by atoms with E-state index in [9.17, 15) is 17.6 Å². The first-order chi connectivity index (χ1) is 13.3. The molecule has 150 valence electrons. The van der Waals surface area contributed by atoms with Gasteiger partial charge in [0.2, 0.25) is 15.9 Å². The monoisotopic (exact) mass is 425 g/mol. The lowest BCUT2D eigenvalue weighted by molar-refractivity contribution is -0.131. The highest BCUT2D eigenvalue weighted by molar-refractivity contribution is 7.89. The molecular formula is C19H21ClFN3O3S. The van der Waals surface area contributed by atoms with Crippen molar-refractivity contribution in [1.29, 1.82) is 0 Å². The Morgan fingerprint density at radius 3 is 2.36 bits per heavy atom. The van der Waals surface area contributed by atoms with Crippen LogP contribution in [0.2, 0.25) is 5.02 Å². The maximum Gasteiger partial charge on any atom is 0.243 e. The predicted octanol–water partition coefficient (Wildman–Crippen LogP) is 2.45. The van der Waals surface area contributed by atoms with Gasteiger partial charge >= 0.3 is 0 Å². The molecule has 0 spiro atoms. The highest BCUT2D eigenvalue weighted by atomic mass is 35.5. The number of rotatable bonds is 5. The van der Waals surface area contributed by atoms with Crippen molar-refractivity contribution in [2.45, 2.75) is 4.90 Å². The molecule has 1 heterocycles. The molecule has 2 aromatic rings. The second-order valence-electron chi connectivity index (χ2n) is 6.56. The largest absolute Gasteiger partial charge is 0.368 e. The average molecular weight is 426 g/mol. The van der Waals surface area contributed by atoms with Crippen LogP contribution in [0.3, 0.4) is 0 Å². The molecule has 1 aliphatic rings. The van der Waals surface area contributed by atoms with E-state index in [1.54, 1.807) is 4.90 Å². The van der Waals surface area contributed by atoms with Gasteiger partial charge in [0.15, 0.2) is 0 Å². The van der Waals surface area contributed by atoms with Gasteiger partial charge in [-0.05, 0) is 42.5 Å². The summed E-state index contributed by atoms with van der Waals surface area (Å²) >= 11 is 6.03. The van der Waals surface area contributed by atoms with Crippen molar-refractivity contribution in [3.05, 3.63) is 59.4 Å². The van der Waals surface area contributed by atoms with Crippen LogP contribution >= 0.6 is 11.6 Å². The summed E-state index contributed by atoms with van der Waals surface area (Å²) in [5.41, 5.74) is 0.996. The zero-order valence-electron chi connectivity index (χ0n) is 15.4. The number of halogens is 2. The Kier molecular flexibility index (Phi) is 6.22. The van der Waals surface area contributed by atoms with Gasteiger partial charge in [-0.1, -0.05) is 17.7 Å². The number of hydrogen-bond acceptors (Lipinski definition) is 4. The Bertz CT molecular complexity index is 945. The van der Waals surface area contributed by atoms with Crippen molar-refractivity contribution in [2.24, 2.45) is 0 Å². The average Bonchev–Trinajstić information content (AvgIpc) is 2.68. The molecule has 6 nitrogen and oxygen atoms in total. The highest BCUT2D eigenvalue weighted by Crippen LogP contribution is 2.21. The summed E-state index contributed by atoms with van der Waals surface area (Å²) in [4.78, 5) is 16.3. The van der Waals surface area contributed by atoms with Crippen molar-refractivity contribution in [3.8, 4) is 0 Å². The number of anilines is 1. The first-order valence-corrected chi connectivity index (χ1v) is 10.6. The molecule has 9 heteroatoms. The molecule has 1 amide bonds. The third-order valence-electron chi connectivity index (χ3n) is 4.69. The molecule has 0 unspecified atom stereocenters. The zero-order valence-corrected chi connectivity index (χ0v) is 17.0. The fraction of sp³-hybridized carbons (Fsp3) is 0.316. The van der Waals surface area contributed by atoms with Crippen LogP contribution in [0.15, 0.2) is 53.4 Å². The number of carbonyl (C=O) groups is 1. The van der Waals surface area contributed by atoms with Crippen molar-refractivity contribution < 1.29 is 17.6 Å². The Labute approximate surface area is 169 Å². The van der Waals surface area contributed by atoms with E-state index < -0.39 is 15.8 Å². The van der Waals surface area contributed by atoms with E-state index in [0.29, 0.717) is 31.2 Å². The summed E-state index contributed by atoms with van der Waals surface area (Å²) in [6.07, 6.45) is 0. The lowest BCUT2D eigenvalue weighted by atomic mass is 10.2. The second-order valence-corrected chi connectivity index (χ2v) is 9.04. The number of carbonyl (C=O) groups excluding carboxylic acids is 1. The molecular weight excluding hydrogens is 405 g/mol. The summed E-state index contributed by atoms with van der Waals surface area (Å²) in [5, 5.41) is 0.656. The molecule has 0 saturated carbocycles. The third kappa shape index (κ3) is 4.63. The molecule has 2 aromatic carbocycles. The van der Waals surface area contributed by atoms with Crippen molar-refractivity contribution in [2.75, 3.05) is 44.7 Å². The summed E-state index contributed by atoms with van der Waals surface area (Å²) in [6.45, 7) is 2.00. The maximum absolute atomic E-state index is 13.0. The summed E-state index contributed by atoms with van der Waals surface area (Å²) < 4.78 is 39.1. The third-order valence-corrected chi connectivity index (χ3v) is 6.74. The molecule has 0 atom stereocenters. The van der Waals surface area contributed by atoms with Crippen LogP contribution in [0.5, 0.6) is 0 Å². The van der Waals surface area contributed by atoms with Gasteiger partial charge in [-0.3, -0.25) is 4.79 Å². The molecule has 0 aliphatic carbocycles. The maximum atomic E-state index is 13.0. The fourth-order valence-electron chi connectivity index (χ4n) is 3.05.